The Morgan fingerprint density at radius 2 is 2.20 bits per heavy atom. The summed E-state index contributed by atoms with van der Waals surface area (Å²) in [4.78, 5) is 24.0. The van der Waals surface area contributed by atoms with Gasteiger partial charge in [0, 0.05) is 29.6 Å². The Morgan fingerprint density at radius 3 is 2.80 bits per heavy atom. The standard InChI is InChI=1S/C18H24N4O2S/c1-10(2)13-8-14(21-18(19)20-13)17(24)22-6-4-12(15(23)9-22)16-11(3)5-7-25-16/h5,7-8,10,12,15,23H,4,6,9H2,1-3H3,(H2,19,20,21)/t12-,15-/m1/s1. The quantitative estimate of drug-likeness (QED) is 0.877. The molecule has 3 N–H and O–H groups in total. The lowest BCUT2D eigenvalue weighted by molar-refractivity contribution is 0.0382. The van der Waals surface area contributed by atoms with Gasteiger partial charge in [0.05, 0.1) is 6.10 Å². The van der Waals surface area contributed by atoms with Crippen LogP contribution in [0.4, 0.5) is 5.95 Å². The number of amides is 1. The second-order valence-corrected chi connectivity index (χ2v) is 7.82. The molecule has 2 aromatic heterocycles. The Hall–Kier alpha value is -1.99. The highest BCUT2D eigenvalue weighted by molar-refractivity contribution is 7.10. The second-order valence-electron chi connectivity index (χ2n) is 6.87. The molecule has 6 nitrogen and oxygen atoms in total. The first-order chi connectivity index (χ1) is 11.9. The zero-order valence-corrected chi connectivity index (χ0v) is 15.6. The Kier molecular flexibility index (Phi) is 5.06. The minimum atomic E-state index is -0.571. The molecule has 1 saturated heterocycles. The summed E-state index contributed by atoms with van der Waals surface area (Å²) in [6, 6.07) is 3.77. The van der Waals surface area contributed by atoms with Crippen LogP contribution >= 0.6 is 11.3 Å². The molecular formula is C18H24N4O2S. The molecule has 0 aliphatic carbocycles. The maximum absolute atomic E-state index is 12.8. The number of aromatic nitrogens is 2. The Balaban J connectivity index is 1.76. The molecule has 3 heterocycles. The summed E-state index contributed by atoms with van der Waals surface area (Å²) >= 11 is 1.67. The smallest absolute Gasteiger partial charge is 0.272 e. The van der Waals surface area contributed by atoms with Crippen molar-refractivity contribution in [1.82, 2.24) is 14.9 Å². The van der Waals surface area contributed by atoms with E-state index in [9.17, 15) is 9.90 Å². The number of nitrogens with zero attached hydrogens (tertiary/aromatic N) is 3. The van der Waals surface area contributed by atoms with Gasteiger partial charge in [-0.25, -0.2) is 9.97 Å². The number of anilines is 1. The number of hydrogen-bond acceptors (Lipinski definition) is 6. The molecule has 7 heteroatoms. The lowest BCUT2D eigenvalue weighted by atomic mass is 9.90. The lowest BCUT2D eigenvalue weighted by Gasteiger charge is -2.35. The SMILES string of the molecule is Cc1ccsc1[C@@H]1CCN(C(=O)c2cc(C(C)C)nc(N)n2)C[C@H]1O. The van der Waals surface area contributed by atoms with Gasteiger partial charge in [0.1, 0.15) is 5.69 Å². The third-order valence-corrected chi connectivity index (χ3v) is 5.83. The maximum Gasteiger partial charge on any atom is 0.272 e. The van der Waals surface area contributed by atoms with Gasteiger partial charge in [0.25, 0.3) is 5.91 Å². The minimum absolute atomic E-state index is 0.0887. The number of aliphatic hydroxyl groups is 1. The highest BCUT2D eigenvalue weighted by Gasteiger charge is 2.33. The lowest BCUT2D eigenvalue weighted by Crippen LogP contribution is -2.46. The average molecular weight is 360 g/mol. The number of piperidine rings is 1. The fourth-order valence-electron chi connectivity index (χ4n) is 3.24. The van der Waals surface area contributed by atoms with Gasteiger partial charge in [0.15, 0.2) is 0 Å². The third kappa shape index (κ3) is 3.67. The van der Waals surface area contributed by atoms with Crippen molar-refractivity contribution in [2.45, 2.75) is 45.1 Å². The summed E-state index contributed by atoms with van der Waals surface area (Å²) in [6.07, 6.45) is 0.171. The van der Waals surface area contributed by atoms with Crippen LogP contribution in [0.1, 0.15) is 58.7 Å². The van der Waals surface area contributed by atoms with E-state index in [2.05, 4.69) is 23.0 Å². The Bertz CT molecular complexity index is 774. The number of thiophene rings is 1. The van der Waals surface area contributed by atoms with Crippen LogP contribution in [0.2, 0.25) is 0 Å². The summed E-state index contributed by atoms with van der Waals surface area (Å²) in [6.45, 7) is 6.96. The van der Waals surface area contributed by atoms with E-state index in [0.717, 1.165) is 12.1 Å². The van der Waals surface area contributed by atoms with Crippen molar-refractivity contribution < 1.29 is 9.90 Å². The topological polar surface area (TPSA) is 92.3 Å². The monoisotopic (exact) mass is 360 g/mol. The number of likely N-dealkylation sites (tertiary alicyclic amines) is 1. The highest BCUT2D eigenvalue weighted by Crippen LogP contribution is 2.34. The van der Waals surface area contributed by atoms with Crippen LogP contribution in [0.15, 0.2) is 17.5 Å². The number of nitrogens with two attached hydrogens (primary N) is 1. The van der Waals surface area contributed by atoms with E-state index < -0.39 is 6.10 Å². The summed E-state index contributed by atoms with van der Waals surface area (Å²) in [5, 5.41) is 12.6. The van der Waals surface area contributed by atoms with Crippen LogP contribution in [0.25, 0.3) is 0 Å². The van der Waals surface area contributed by atoms with Crippen molar-refractivity contribution in [2.24, 2.45) is 0 Å². The van der Waals surface area contributed by atoms with E-state index in [-0.39, 0.29) is 23.7 Å². The van der Waals surface area contributed by atoms with E-state index >= 15 is 0 Å². The maximum atomic E-state index is 12.8. The van der Waals surface area contributed by atoms with E-state index in [1.54, 1.807) is 22.3 Å². The van der Waals surface area contributed by atoms with Gasteiger partial charge in [-0.05, 0) is 42.3 Å². The van der Waals surface area contributed by atoms with Crippen LogP contribution in [-0.4, -0.2) is 45.1 Å². The van der Waals surface area contributed by atoms with Crippen LogP contribution in [0, 0.1) is 6.92 Å². The number of nitrogen functional groups attached to an aromatic ring is 1. The van der Waals surface area contributed by atoms with Gasteiger partial charge in [-0.2, -0.15) is 0 Å². The van der Waals surface area contributed by atoms with E-state index in [1.165, 1.54) is 10.4 Å². The van der Waals surface area contributed by atoms with Gasteiger partial charge in [-0.1, -0.05) is 13.8 Å². The van der Waals surface area contributed by atoms with Crippen molar-refractivity contribution in [2.75, 3.05) is 18.8 Å². The predicted molar refractivity (Wildman–Crippen MR) is 98.9 cm³/mol. The molecule has 0 spiro atoms. The van der Waals surface area contributed by atoms with Crippen LogP contribution < -0.4 is 5.73 Å². The normalized spacial score (nSPS) is 20.9. The number of carbonyl (C=O) groups excluding carboxylic acids is 1. The van der Waals surface area contributed by atoms with E-state index in [1.807, 2.05) is 19.2 Å². The predicted octanol–water partition coefficient (Wildman–Crippen LogP) is 2.54. The molecule has 25 heavy (non-hydrogen) atoms. The number of carbonyl (C=O) groups is 1. The van der Waals surface area contributed by atoms with Gasteiger partial charge in [-0.15, -0.1) is 11.3 Å². The molecule has 134 valence electrons. The molecule has 0 bridgehead atoms. The summed E-state index contributed by atoms with van der Waals surface area (Å²) < 4.78 is 0. The van der Waals surface area contributed by atoms with Crippen molar-refractivity contribution in [3.05, 3.63) is 39.3 Å². The fraction of sp³-hybridized carbons (Fsp3) is 0.500. The van der Waals surface area contributed by atoms with Crippen molar-refractivity contribution in [3.63, 3.8) is 0 Å². The van der Waals surface area contributed by atoms with Gasteiger partial charge in [0.2, 0.25) is 5.95 Å². The van der Waals surface area contributed by atoms with E-state index in [4.69, 9.17) is 5.73 Å². The number of aliphatic hydroxyl groups excluding tert-OH is 1. The van der Waals surface area contributed by atoms with Gasteiger partial charge < -0.3 is 15.7 Å². The fourth-order valence-corrected chi connectivity index (χ4v) is 4.36. The minimum Gasteiger partial charge on any atom is -0.391 e. The molecule has 0 unspecified atom stereocenters. The molecule has 1 aliphatic heterocycles. The molecule has 1 amide bonds. The molecular weight excluding hydrogens is 336 g/mol. The molecule has 2 aromatic rings. The van der Waals surface area contributed by atoms with Crippen LogP contribution in [0.5, 0.6) is 0 Å². The molecule has 3 rings (SSSR count). The molecule has 0 saturated carbocycles. The van der Waals surface area contributed by atoms with Gasteiger partial charge in [-0.3, -0.25) is 4.79 Å². The van der Waals surface area contributed by atoms with E-state index in [0.29, 0.717) is 18.8 Å². The average Bonchev–Trinajstić information content (AvgIpc) is 2.99. The first-order valence-corrected chi connectivity index (χ1v) is 9.40. The zero-order chi connectivity index (χ0) is 18.1. The Morgan fingerprint density at radius 1 is 1.44 bits per heavy atom. The number of rotatable bonds is 3. The first kappa shape index (κ1) is 17.8. The Labute approximate surface area is 151 Å². The zero-order valence-electron chi connectivity index (χ0n) is 14.8. The molecule has 1 aliphatic rings. The van der Waals surface area contributed by atoms with Gasteiger partial charge >= 0.3 is 0 Å². The molecule has 0 aromatic carbocycles. The first-order valence-electron chi connectivity index (χ1n) is 8.52. The van der Waals surface area contributed by atoms with Crippen molar-refractivity contribution in [1.29, 1.82) is 0 Å². The molecule has 2 atom stereocenters. The number of aryl methyl sites for hydroxylation is 1. The second kappa shape index (κ2) is 7.09. The third-order valence-electron chi connectivity index (χ3n) is 4.68. The molecule has 0 radical (unpaired) electrons. The molecule has 1 fully saturated rings. The van der Waals surface area contributed by atoms with Crippen molar-refractivity contribution in [3.8, 4) is 0 Å². The van der Waals surface area contributed by atoms with Crippen LogP contribution in [0.3, 0.4) is 0 Å². The van der Waals surface area contributed by atoms with Crippen molar-refractivity contribution >= 4 is 23.2 Å². The highest BCUT2D eigenvalue weighted by atomic mass is 32.1. The summed E-state index contributed by atoms with van der Waals surface area (Å²) in [7, 11) is 0. The largest absolute Gasteiger partial charge is 0.391 e. The number of β-amino-alcohol motifs (C(OH)–C–C–N with tert-alkyl or cyclic N) is 1. The summed E-state index contributed by atoms with van der Waals surface area (Å²) in [5.74, 6) is 0.163. The van der Waals surface area contributed by atoms with Crippen LogP contribution in [-0.2, 0) is 0 Å². The number of hydrogen-bond donors (Lipinski definition) is 2. The summed E-state index contributed by atoms with van der Waals surface area (Å²) in [5.41, 5.74) is 8.01.